The van der Waals surface area contributed by atoms with Crippen LogP contribution in [-0.2, 0) is 6.54 Å². The number of benzene rings is 1. The van der Waals surface area contributed by atoms with E-state index in [1.807, 2.05) is 22.8 Å². The highest BCUT2D eigenvalue weighted by Crippen LogP contribution is 2.40. The van der Waals surface area contributed by atoms with Gasteiger partial charge in [-0.15, -0.1) is 0 Å². The van der Waals surface area contributed by atoms with Gasteiger partial charge >= 0.3 is 0 Å². The van der Waals surface area contributed by atoms with Gasteiger partial charge in [-0.3, -0.25) is 9.89 Å². The lowest BCUT2D eigenvalue weighted by Crippen LogP contribution is -2.15. The molecule has 0 atom stereocenters. The molecule has 0 radical (unpaired) electrons. The number of carbonyl (C=O) groups is 1. The van der Waals surface area contributed by atoms with E-state index in [-0.39, 0.29) is 5.69 Å². The zero-order valence-corrected chi connectivity index (χ0v) is 15.3. The van der Waals surface area contributed by atoms with Gasteiger partial charge in [0.1, 0.15) is 29.7 Å². The van der Waals surface area contributed by atoms with E-state index in [1.54, 1.807) is 0 Å². The maximum Gasteiger partial charge on any atom is 0.269 e. The minimum Gasteiger partial charge on any atom is -0.491 e. The second-order valence-corrected chi connectivity index (χ2v) is 7.37. The summed E-state index contributed by atoms with van der Waals surface area (Å²) in [6, 6.07) is 5.71. The van der Waals surface area contributed by atoms with E-state index >= 15 is 0 Å². The lowest BCUT2D eigenvalue weighted by atomic mass is 10.2. The van der Waals surface area contributed by atoms with Gasteiger partial charge in [0, 0.05) is 10.4 Å². The highest BCUT2D eigenvalue weighted by Gasteiger charge is 2.31. The summed E-state index contributed by atoms with van der Waals surface area (Å²) in [6.45, 7) is 0.966. The summed E-state index contributed by atoms with van der Waals surface area (Å²) in [5.74, 6) is 2.46. The van der Waals surface area contributed by atoms with Gasteiger partial charge in [0.25, 0.3) is 5.91 Å². The molecular weight excluding hydrogens is 400 g/mol. The van der Waals surface area contributed by atoms with Crippen molar-refractivity contribution in [3.63, 3.8) is 0 Å². The number of H-pyrrole nitrogens is 1. The van der Waals surface area contributed by atoms with Crippen molar-refractivity contribution in [2.24, 2.45) is 5.73 Å². The number of aromatic amines is 1. The molecule has 2 aromatic heterocycles. The molecule has 0 unspecified atom stereocenters. The molecule has 1 aromatic carbocycles. The van der Waals surface area contributed by atoms with E-state index in [4.69, 9.17) is 10.5 Å². The summed E-state index contributed by atoms with van der Waals surface area (Å²) in [6.07, 6.45) is 2.22. The van der Waals surface area contributed by atoms with Crippen molar-refractivity contribution < 1.29 is 9.53 Å². The standard InChI is InChI=1S/C17H15BrN6O2/c18-9-3-4-11-10(7-9)17-20-12(14(19)25)13(24(17)5-6-26-11)16-21-15(22-23-16)8-1-2-8/h3-4,7-8H,1-2,5-6H2,(H2,19,25)(H,21,22,23). The number of rotatable bonds is 3. The molecule has 9 heteroatoms. The van der Waals surface area contributed by atoms with E-state index < -0.39 is 5.91 Å². The maximum atomic E-state index is 12.1. The molecule has 3 N–H and O–H groups in total. The first-order chi connectivity index (χ1) is 12.6. The van der Waals surface area contributed by atoms with Crippen LogP contribution in [0, 0.1) is 0 Å². The summed E-state index contributed by atoms with van der Waals surface area (Å²) >= 11 is 3.48. The zero-order valence-electron chi connectivity index (χ0n) is 13.7. The molecule has 1 aliphatic carbocycles. The Morgan fingerprint density at radius 3 is 2.96 bits per heavy atom. The molecular formula is C17H15BrN6O2. The third kappa shape index (κ3) is 2.42. The van der Waals surface area contributed by atoms with Crippen molar-refractivity contribution in [3.05, 3.63) is 34.2 Å². The second kappa shape index (κ2) is 5.66. The molecule has 132 valence electrons. The number of hydrogen-bond donors (Lipinski definition) is 2. The first-order valence-corrected chi connectivity index (χ1v) is 9.17. The molecule has 1 saturated carbocycles. The number of nitrogens with one attached hydrogen (secondary N) is 1. The van der Waals surface area contributed by atoms with Crippen LogP contribution in [0.25, 0.3) is 22.9 Å². The molecule has 3 heterocycles. The van der Waals surface area contributed by atoms with Crippen LogP contribution < -0.4 is 10.5 Å². The maximum absolute atomic E-state index is 12.1. The van der Waals surface area contributed by atoms with Crippen LogP contribution in [0.15, 0.2) is 22.7 Å². The Kier molecular flexibility index (Phi) is 3.39. The summed E-state index contributed by atoms with van der Waals surface area (Å²) in [5.41, 5.74) is 7.12. The first-order valence-electron chi connectivity index (χ1n) is 8.37. The lowest BCUT2D eigenvalue weighted by molar-refractivity contribution is 0.0996. The highest BCUT2D eigenvalue weighted by molar-refractivity contribution is 9.10. The third-order valence-corrected chi connectivity index (χ3v) is 5.13. The number of amides is 1. The van der Waals surface area contributed by atoms with Crippen LogP contribution in [0.5, 0.6) is 5.75 Å². The fourth-order valence-electron chi connectivity index (χ4n) is 3.24. The van der Waals surface area contributed by atoms with Crippen LogP contribution in [0.2, 0.25) is 0 Å². The zero-order chi connectivity index (χ0) is 17.8. The molecule has 26 heavy (non-hydrogen) atoms. The van der Waals surface area contributed by atoms with Gasteiger partial charge in [0.2, 0.25) is 0 Å². The minimum absolute atomic E-state index is 0.175. The van der Waals surface area contributed by atoms with Crippen molar-refractivity contribution in [1.29, 1.82) is 0 Å². The first kappa shape index (κ1) is 15.6. The number of aromatic nitrogens is 5. The van der Waals surface area contributed by atoms with Gasteiger partial charge < -0.3 is 15.0 Å². The molecule has 0 bridgehead atoms. The van der Waals surface area contributed by atoms with Gasteiger partial charge in [-0.2, -0.15) is 5.10 Å². The summed E-state index contributed by atoms with van der Waals surface area (Å²) in [5, 5.41) is 7.30. The Labute approximate surface area is 156 Å². The van der Waals surface area contributed by atoms with Crippen molar-refractivity contribution >= 4 is 21.8 Å². The average Bonchev–Trinajstić information content (AvgIpc) is 3.27. The smallest absolute Gasteiger partial charge is 0.269 e. The van der Waals surface area contributed by atoms with E-state index in [0.29, 0.717) is 42.2 Å². The predicted octanol–water partition coefficient (Wildman–Crippen LogP) is 2.47. The van der Waals surface area contributed by atoms with E-state index in [1.165, 1.54) is 0 Å². The van der Waals surface area contributed by atoms with Crippen LogP contribution in [0.1, 0.15) is 35.1 Å². The monoisotopic (exact) mass is 414 g/mol. The fraction of sp³-hybridized carbons (Fsp3) is 0.294. The van der Waals surface area contributed by atoms with Crippen LogP contribution in [0.4, 0.5) is 0 Å². The highest BCUT2D eigenvalue weighted by atomic mass is 79.9. The average molecular weight is 415 g/mol. The van der Waals surface area contributed by atoms with E-state index in [0.717, 1.165) is 28.7 Å². The van der Waals surface area contributed by atoms with Crippen LogP contribution >= 0.6 is 15.9 Å². The van der Waals surface area contributed by atoms with Gasteiger partial charge in [0.05, 0.1) is 12.1 Å². The molecule has 0 spiro atoms. The summed E-state index contributed by atoms with van der Waals surface area (Å²) < 4.78 is 8.65. The van der Waals surface area contributed by atoms with Gasteiger partial charge in [0.15, 0.2) is 11.5 Å². The largest absolute Gasteiger partial charge is 0.491 e. The Bertz CT molecular complexity index is 1040. The minimum atomic E-state index is -0.601. The molecule has 8 nitrogen and oxygen atoms in total. The van der Waals surface area contributed by atoms with Crippen LogP contribution in [-0.4, -0.2) is 37.2 Å². The normalized spacial score (nSPS) is 15.7. The van der Waals surface area contributed by atoms with Crippen molar-refractivity contribution in [1.82, 2.24) is 24.7 Å². The number of fused-ring (bicyclic) bond motifs is 3. The molecule has 1 amide bonds. The van der Waals surface area contributed by atoms with Crippen molar-refractivity contribution in [3.8, 4) is 28.7 Å². The second-order valence-electron chi connectivity index (χ2n) is 6.46. The number of hydrogen-bond acceptors (Lipinski definition) is 5. The third-order valence-electron chi connectivity index (χ3n) is 4.63. The quantitative estimate of drug-likeness (QED) is 0.683. The number of halogens is 1. The van der Waals surface area contributed by atoms with E-state index in [9.17, 15) is 4.79 Å². The summed E-state index contributed by atoms with van der Waals surface area (Å²) in [7, 11) is 0. The number of nitrogens with two attached hydrogens (primary N) is 1. The molecule has 3 aromatic rings. The van der Waals surface area contributed by atoms with Crippen LogP contribution in [0.3, 0.4) is 0 Å². The summed E-state index contributed by atoms with van der Waals surface area (Å²) in [4.78, 5) is 21.2. The van der Waals surface area contributed by atoms with Crippen molar-refractivity contribution in [2.45, 2.75) is 25.3 Å². The molecule has 2 aliphatic rings. The van der Waals surface area contributed by atoms with E-state index in [2.05, 4.69) is 36.1 Å². The number of nitrogens with zero attached hydrogens (tertiary/aromatic N) is 4. The van der Waals surface area contributed by atoms with Crippen molar-refractivity contribution in [2.75, 3.05) is 6.61 Å². The van der Waals surface area contributed by atoms with Gasteiger partial charge in [-0.05, 0) is 31.0 Å². The lowest BCUT2D eigenvalue weighted by Gasteiger charge is -2.06. The Hall–Kier alpha value is -2.68. The number of primary amides is 1. The molecule has 1 aliphatic heterocycles. The predicted molar refractivity (Wildman–Crippen MR) is 96.7 cm³/mol. The van der Waals surface area contributed by atoms with Gasteiger partial charge in [-0.1, -0.05) is 15.9 Å². The number of carbonyl (C=O) groups excluding carboxylic acids is 1. The number of imidazole rings is 1. The molecule has 1 fully saturated rings. The Morgan fingerprint density at radius 2 is 2.19 bits per heavy atom. The number of ether oxygens (including phenoxy) is 1. The fourth-order valence-corrected chi connectivity index (χ4v) is 3.61. The van der Waals surface area contributed by atoms with Gasteiger partial charge in [-0.25, -0.2) is 9.97 Å². The Balaban J connectivity index is 1.74. The molecule has 0 saturated heterocycles. The topological polar surface area (TPSA) is 112 Å². The molecule has 5 rings (SSSR count). The Morgan fingerprint density at radius 1 is 1.35 bits per heavy atom. The SMILES string of the molecule is NC(=O)c1nc2n(c1-c1n[nH]c(C3CC3)n1)CCOc1ccc(Br)cc1-2.